The minimum absolute atomic E-state index is 0.178. The molecule has 0 bridgehead atoms. The van der Waals surface area contributed by atoms with Crippen LogP contribution in [-0.2, 0) is 19.7 Å². The van der Waals surface area contributed by atoms with Crippen LogP contribution in [0.3, 0.4) is 0 Å². The zero-order chi connectivity index (χ0) is 21.5. The number of nitrogens with zero attached hydrogens (tertiary/aromatic N) is 3. The van der Waals surface area contributed by atoms with Gasteiger partial charge in [-0.1, -0.05) is 48.0 Å². The quantitative estimate of drug-likeness (QED) is 0.445. The molecule has 0 fully saturated rings. The monoisotopic (exact) mass is 432 g/mol. The molecule has 7 heteroatoms. The van der Waals surface area contributed by atoms with Crippen molar-refractivity contribution in [2.45, 2.75) is 19.7 Å². The highest BCUT2D eigenvalue weighted by Gasteiger charge is 2.09. The number of hydrogen-bond donors (Lipinski definition) is 1. The van der Waals surface area contributed by atoms with Crippen LogP contribution in [0.1, 0.15) is 27.0 Å². The van der Waals surface area contributed by atoms with Gasteiger partial charge in [-0.05, 0) is 35.4 Å². The molecule has 1 amide bonds. The molecule has 0 aliphatic heterocycles. The Bertz CT molecular complexity index is 1140. The van der Waals surface area contributed by atoms with Crippen LogP contribution in [0.5, 0.6) is 5.75 Å². The summed E-state index contributed by atoms with van der Waals surface area (Å²) in [6.45, 7) is 1.38. The molecule has 2 aromatic heterocycles. The smallest absolute Gasteiger partial charge is 0.254 e. The van der Waals surface area contributed by atoms with Crippen LogP contribution >= 0.6 is 11.6 Å². The topological polar surface area (TPSA) is 69.0 Å². The van der Waals surface area contributed by atoms with E-state index in [2.05, 4.69) is 15.4 Å². The molecule has 0 saturated carbocycles. The number of benzene rings is 2. The highest BCUT2D eigenvalue weighted by molar-refractivity contribution is 6.31. The second-order valence-corrected chi connectivity index (χ2v) is 7.40. The average Bonchev–Trinajstić information content (AvgIpc) is 3.28. The Hall–Kier alpha value is -3.64. The second-order valence-electron chi connectivity index (χ2n) is 6.99. The Labute approximate surface area is 185 Å². The first-order valence-corrected chi connectivity index (χ1v) is 10.2. The molecule has 0 spiro atoms. The third kappa shape index (κ3) is 5.71. The molecule has 2 aromatic carbocycles. The Morgan fingerprint density at radius 3 is 2.61 bits per heavy atom. The fourth-order valence-corrected chi connectivity index (χ4v) is 3.20. The summed E-state index contributed by atoms with van der Waals surface area (Å²) in [6, 6.07) is 19.1. The van der Waals surface area contributed by atoms with E-state index in [0.717, 1.165) is 22.4 Å². The lowest BCUT2D eigenvalue weighted by molar-refractivity contribution is 0.0951. The van der Waals surface area contributed by atoms with Gasteiger partial charge in [-0.15, -0.1) is 0 Å². The summed E-state index contributed by atoms with van der Waals surface area (Å²) in [4.78, 5) is 16.5. The summed E-state index contributed by atoms with van der Waals surface area (Å²) in [6.07, 6.45) is 6.78. The number of pyridine rings is 1. The van der Waals surface area contributed by atoms with Crippen LogP contribution < -0.4 is 10.1 Å². The zero-order valence-electron chi connectivity index (χ0n) is 16.7. The van der Waals surface area contributed by atoms with Crippen molar-refractivity contribution in [1.82, 2.24) is 20.1 Å². The van der Waals surface area contributed by atoms with E-state index in [1.807, 2.05) is 60.7 Å². The number of carbonyl (C=O) groups excluding carboxylic acids is 1. The van der Waals surface area contributed by atoms with E-state index in [-0.39, 0.29) is 5.91 Å². The van der Waals surface area contributed by atoms with E-state index in [0.29, 0.717) is 30.3 Å². The molecular weight excluding hydrogens is 412 g/mol. The average molecular weight is 433 g/mol. The van der Waals surface area contributed by atoms with Gasteiger partial charge in [0.2, 0.25) is 0 Å². The summed E-state index contributed by atoms with van der Waals surface area (Å²) in [5.41, 5.74) is 3.44. The van der Waals surface area contributed by atoms with Crippen molar-refractivity contribution in [3.63, 3.8) is 0 Å². The molecule has 0 unspecified atom stereocenters. The van der Waals surface area contributed by atoms with Crippen LogP contribution in [0.25, 0.3) is 0 Å². The first-order valence-electron chi connectivity index (χ1n) is 9.82. The second kappa shape index (κ2) is 9.91. The molecule has 31 heavy (non-hydrogen) atoms. The van der Waals surface area contributed by atoms with Crippen LogP contribution in [0.2, 0.25) is 5.02 Å². The van der Waals surface area contributed by atoms with Crippen molar-refractivity contribution < 1.29 is 9.53 Å². The van der Waals surface area contributed by atoms with Crippen molar-refractivity contribution in [2.75, 3.05) is 0 Å². The molecule has 0 saturated heterocycles. The molecule has 0 aliphatic rings. The van der Waals surface area contributed by atoms with E-state index < -0.39 is 0 Å². The highest BCUT2D eigenvalue weighted by atomic mass is 35.5. The number of ether oxygens (including phenoxy) is 1. The van der Waals surface area contributed by atoms with Crippen LogP contribution in [0, 0.1) is 0 Å². The standard InChI is InChI=1S/C24H21ClN4O2/c25-23-6-2-1-5-20(23)15-29-16-21(14-28-29)24(30)27-13-18-7-9-22(10-8-18)31-17-19-4-3-11-26-12-19/h1-12,14,16H,13,15,17H2,(H,27,30). The first kappa shape index (κ1) is 20.6. The van der Waals surface area contributed by atoms with Crippen LogP contribution in [0.15, 0.2) is 85.5 Å². The maximum absolute atomic E-state index is 12.5. The number of amides is 1. The Morgan fingerprint density at radius 1 is 1.00 bits per heavy atom. The summed E-state index contributed by atoms with van der Waals surface area (Å²) in [5, 5.41) is 7.85. The predicted octanol–water partition coefficient (Wildman–Crippen LogP) is 4.49. The molecule has 0 aliphatic carbocycles. The SMILES string of the molecule is O=C(NCc1ccc(OCc2cccnc2)cc1)c1cnn(Cc2ccccc2Cl)c1. The fourth-order valence-electron chi connectivity index (χ4n) is 3.01. The zero-order valence-corrected chi connectivity index (χ0v) is 17.5. The van der Waals surface area contributed by atoms with Crippen molar-refractivity contribution in [1.29, 1.82) is 0 Å². The van der Waals surface area contributed by atoms with Gasteiger partial charge in [-0.2, -0.15) is 5.10 Å². The Balaban J connectivity index is 1.28. The van der Waals surface area contributed by atoms with Gasteiger partial charge >= 0.3 is 0 Å². The van der Waals surface area contributed by atoms with E-state index in [9.17, 15) is 4.79 Å². The lowest BCUT2D eigenvalue weighted by atomic mass is 10.2. The van der Waals surface area contributed by atoms with E-state index in [1.165, 1.54) is 0 Å². The van der Waals surface area contributed by atoms with Crippen molar-refractivity contribution in [2.24, 2.45) is 0 Å². The Morgan fingerprint density at radius 2 is 1.84 bits per heavy atom. The number of aromatic nitrogens is 3. The van der Waals surface area contributed by atoms with Gasteiger partial charge < -0.3 is 10.1 Å². The number of hydrogen-bond acceptors (Lipinski definition) is 4. The summed E-state index contributed by atoms with van der Waals surface area (Å²) in [5.74, 6) is 0.585. The number of rotatable bonds is 8. The molecule has 4 aromatic rings. The molecule has 6 nitrogen and oxygen atoms in total. The maximum atomic E-state index is 12.5. The molecular formula is C24H21ClN4O2. The predicted molar refractivity (Wildman–Crippen MR) is 119 cm³/mol. The molecule has 1 N–H and O–H groups in total. The van der Waals surface area contributed by atoms with E-state index in [4.69, 9.17) is 16.3 Å². The molecule has 156 valence electrons. The van der Waals surface area contributed by atoms with Gasteiger partial charge in [-0.3, -0.25) is 14.5 Å². The lowest BCUT2D eigenvalue weighted by Gasteiger charge is -2.08. The number of carbonyl (C=O) groups is 1. The van der Waals surface area contributed by atoms with Crippen molar-refractivity contribution in [3.05, 3.63) is 113 Å². The van der Waals surface area contributed by atoms with Crippen LogP contribution in [0.4, 0.5) is 0 Å². The van der Waals surface area contributed by atoms with Gasteiger partial charge in [-0.25, -0.2) is 0 Å². The van der Waals surface area contributed by atoms with Crippen LogP contribution in [-0.4, -0.2) is 20.7 Å². The lowest BCUT2D eigenvalue weighted by Crippen LogP contribution is -2.22. The van der Waals surface area contributed by atoms with Gasteiger partial charge in [0.15, 0.2) is 0 Å². The highest BCUT2D eigenvalue weighted by Crippen LogP contribution is 2.16. The molecule has 4 rings (SSSR count). The van der Waals surface area contributed by atoms with Gasteiger partial charge in [0.1, 0.15) is 12.4 Å². The van der Waals surface area contributed by atoms with Gasteiger partial charge in [0, 0.05) is 35.7 Å². The minimum atomic E-state index is -0.178. The summed E-state index contributed by atoms with van der Waals surface area (Å²) in [7, 11) is 0. The summed E-state index contributed by atoms with van der Waals surface area (Å²) < 4.78 is 7.45. The normalized spacial score (nSPS) is 10.6. The minimum Gasteiger partial charge on any atom is -0.489 e. The van der Waals surface area contributed by atoms with Crippen molar-refractivity contribution >= 4 is 17.5 Å². The third-order valence-corrected chi connectivity index (χ3v) is 5.06. The van der Waals surface area contributed by atoms with E-state index >= 15 is 0 Å². The van der Waals surface area contributed by atoms with E-state index in [1.54, 1.807) is 29.5 Å². The molecule has 0 radical (unpaired) electrons. The molecule has 0 atom stereocenters. The van der Waals surface area contributed by atoms with Gasteiger partial charge in [0.05, 0.1) is 18.3 Å². The van der Waals surface area contributed by atoms with Crippen molar-refractivity contribution in [3.8, 4) is 5.75 Å². The number of nitrogens with one attached hydrogen (secondary N) is 1. The fraction of sp³-hybridized carbons (Fsp3) is 0.125. The number of halogens is 1. The molecule has 2 heterocycles. The largest absolute Gasteiger partial charge is 0.489 e. The first-order chi connectivity index (χ1) is 15.2. The third-order valence-electron chi connectivity index (χ3n) is 4.69. The van der Waals surface area contributed by atoms with Gasteiger partial charge in [0.25, 0.3) is 5.91 Å². The maximum Gasteiger partial charge on any atom is 0.254 e. The Kier molecular flexibility index (Phi) is 6.59. The summed E-state index contributed by atoms with van der Waals surface area (Å²) >= 11 is 6.19.